The van der Waals surface area contributed by atoms with E-state index in [-0.39, 0.29) is 13.2 Å². The monoisotopic (exact) mass is 400 g/mol. The molecule has 1 aromatic heterocycles. The Labute approximate surface area is 172 Å². The van der Waals surface area contributed by atoms with Crippen molar-refractivity contribution in [2.45, 2.75) is 45.8 Å². The quantitative estimate of drug-likeness (QED) is 0.549. The summed E-state index contributed by atoms with van der Waals surface area (Å²) in [5, 5.41) is 22.9. The molecule has 0 aliphatic carbocycles. The van der Waals surface area contributed by atoms with Gasteiger partial charge in [-0.3, -0.25) is 9.67 Å². The van der Waals surface area contributed by atoms with E-state index in [4.69, 9.17) is 15.8 Å². The van der Waals surface area contributed by atoms with E-state index in [0.717, 1.165) is 29.8 Å². The Hall–Kier alpha value is -2.71. The highest BCUT2D eigenvalue weighted by Crippen LogP contribution is 2.25. The fourth-order valence-electron chi connectivity index (χ4n) is 2.83. The molecule has 1 aliphatic rings. The molecular formula is C21H32N6O2. The van der Waals surface area contributed by atoms with E-state index < -0.39 is 6.10 Å². The van der Waals surface area contributed by atoms with Gasteiger partial charge in [0.1, 0.15) is 0 Å². The Kier molecular flexibility index (Phi) is 8.35. The maximum absolute atomic E-state index is 9.47. The van der Waals surface area contributed by atoms with Gasteiger partial charge in [0, 0.05) is 49.0 Å². The molecular weight excluding hydrogens is 368 g/mol. The minimum atomic E-state index is -0.891. The Morgan fingerprint density at radius 2 is 2.14 bits per heavy atom. The second kappa shape index (κ2) is 10.7. The molecule has 4 N–H and O–H groups in total. The predicted octanol–water partition coefficient (Wildman–Crippen LogP) is 1.99. The van der Waals surface area contributed by atoms with Crippen molar-refractivity contribution in [2.24, 2.45) is 15.7 Å². The van der Waals surface area contributed by atoms with Crippen LogP contribution in [0.1, 0.15) is 45.2 Å². The van der Waals surface area contributed by atoms with Crippen LogP contribution in [0.4, 0.5) is 0 Å². The lowest BCUT2D eigenvalue weighted by Crippen LogP contribution is -2.24. The maximum atomic E-state index is 9.47. The highest BCUT2D eigenvalue weighted by molar-refractivity contribution is 6.13. The summed E-state index contributed by atoms with van der Waals surface area (Å²) in [6, 6.07) is 0.309. The fourth-order valence-corrected chi connectivity index (χ4v) is 2.83. The SMILES string of the molecule is CC/C=C1/C(c2cnn(C(C)CC)c2)=NC(C(C=NC[C@@H](O)CO)=CN)=CN1C. The summed E-state index contributed by atoms with van der Waals surface area (Å²) in [6.07, 6.45) is 11.9. The van der Waals surface area contributed by atoms with Crippen LogP contribution in [0.15, 0.2) is 57.8 Å². The van der Waals surface area contributed by atoms with Gasteiger partial charge in [-0.05, 0) is 19.8 Å². The molecule has 0 fully saturated rings. The van der Waals surface area contributed by atoms with E-state index in [1.165, 1.54) is 6.20 Å². The number of aliphatic imine (C=N–C) groups is 2. The van der Waals surface area contributed by atoms with E-state index >= 15 is 0 Å². The second-order valence-corrected chi connectivity index (χ2v) is 7.00. The first-order chi connectivity index (χ1) is 13.9. The molecule has 8 heteroatoms. The molecule has 2 heterocycles. The van der Waals surface area contributed by atoms with Gasteiger partial charge in [-0.25, -0.2) is 4.99 Å². The van der Waals surface area contributed by atoms with Crippen LogP contribution in [-0.4, -0.2) is 63.1 Å². The number of hydrogen-bond acceptors (Lipinski definition) is 7. The number of nitrogens with two attached hydrogens (primary N) is 1. The lowest BCUT2D eigenvalue weighted by atomic mass is 10.1. The molecule has 158 valence electrons. The van der Waals surface area contributed by atoms with Gasteiger partial charge in [-0.15, -0.1) is 0 Å². The summed E-state index contributed by atoms with van der Waals surface area (Å²) in [6.45, 7) is 6.11. The van der Waals surface area contributed by atoms with Crippen LogP contribution in [0.2, 0.25) is 0 Å². The molecule has 0 radical (unpaired) electrons. The Morgan fingerprint density at radius 1 is 1.38 bits per heavy atom. The van der Waals surface area contributed by atoms with Crippen molar-refractivity contribution in [2.75, 3.05) is 20.2 Å². The molecule has 29 heavy (non-hydrogen) atoms. The Balaban J connectivity index is 2.40. The molecule has 1 unspecified atom stereocenters. The first kappa shape index (κ1) is 22.6. The molecule has 0 aromatic carbocycles. The van der Waals surface area contributed by atoms with Crippen molar-refractivity contribution in [3.05, 3.63) is 53.4 Å². The summed E-state index contributed by atoms with van der Waals surface area (Å²) in [5.74, 6) is 0. The van der Waals surface area contributed by atoms with Gasteiger partial charge in [0.2, 0.25) is 0 Å². The summed E-state index contributed by atoms with van der Waals surface area (Å²) in [7, 11) is 1.97. The lowest BCUT2D eigenvalue weighted by Gasteiger charge is -2.25. The van der Waals surface area contributed by atoms with E-state index in [0.29, 0.717) is 17.3 Å². The van der Waals surface area contributed by atoms with Crippen LogP contribution < -0.4 is 5.73 Å². The number of aromatic nitrogens is 2. The highest BCUT2D eigenvalue weighted by Gasteiger charge is 2.22. The zero-order valence-electron chi connectivity index (χ0n) is 17.7. The maximum Gasteiger partial charge on any atom is 0.0974 e. The van der Waals surface area contributed by atoms with Crippen LogP contribution in [0.5, 0.6) is 0 Å². The van der Waals surface area contributed by atoms with Gasteiger partial charge in [-0.2, -0.15) is 5.10 Å². The molecule has 0 saturated carbocycles. The van der Waals surface area contributed by atoms with Gasteiger partial charge < -0.3 is 20.8 Å². The number of likely N-dealkylation sites (N-methyl/N-ethyl adjacent to an activating group) is 1. The van der Waals surface area contributed by atoms with E-state index in [1.807, 2.05) is 35.2 Å². The number of rotatable bonds is 9. The molecule has 1 aliphatic heterocycles. The number of aliphatic hydroxyl groups excluding tert-OH is 2. The fraction of sp³-hybridized carbons (Fsp3) is 0.476. The first-order valence-electron chi connectivity index (χ1n) is 9.94. The number of nitrogens with zero attached hydrogens (tertiary/aromatic N) is 5. The zero-order chi connectivity index (χ0) is 21.4. The molecule has 2 atom stereocenters. The van der Waals surface area contributed by atoms with Gasteiger partial charge in [0.15, 0.2) is 0 Å². The topological polar surface area (TPSA) is 112 Å². The summed E-state index contributed by atoms with van der Waals surface area (Å²) in [4.78, 5) is 11.0. The molecule has 0 spiro atoms. The van der Waals surface area contributed by atoms with Crippen LogP contribution in [0.25, 0.3) is 0 Å². The summed E-state index contributed by atoms with van der Waals surface area (Å²) < 4.78 is 1.96. The summed E-state index contributed by atoms with van der Waals surface area (Å²) >= 11 is 0. The molecule has 1 aromatic rings. The molecule has 8 nitrogen and oxygen atoms in total. The summed E-state index contributed by atoms with van der Waals surface area (Å²) in [5.41, 5.74) is 9.87. The average Bonchev–Trinajstić information content (AvgIpc) is 3.22. The van der Waals surface area contributed by atoms with Gasteiger partial charge in [-0.1, -0.05) is 19.9 Å². The third-order valence-electron chi connectivity index (χ3n) is 4.72. The predicted molar refractivity (Wildman–Crippen MR) is 117 cm³/mol. The number of aliphatic hydroxyl groups is 2. The van der Waals surface area contributed by atoms with Crippen molar-refractivity contribution in [3.8, 4) is 0 Å². The van der Waals surface area contributed by atoms with E-state index in [2.05, 4.69) is 36.9 Å². The minimum absolute atomic E-state index is 0.0934. The van der Waals surface area contributed by atoms with Crippen molar-refractivity contribution in [1.82, 2.24) is 14.7 Å². The van der Waals surface area contributed by atoms with Crippen LogP contribution in [0.3, 0.4) is 0 Å². The minimum Gasteiger partial charge on any atom is -0.404 e. The third-order valence-corrected chi connectivity index (χ3v) is 4.72. The standard InChI is InChI=1S/C21H32N6O2/c1-5-7-20-21(17-10-24-27(12-17)15(3)6-2)25-19(13-26(20)4)16(8-22)9-23-11-18(29)14-28/h7-10,12-13,15,18,28-29H,5-6,11,14,22H2,1-4H3/b16-8?,20-7-,23-9?/t15?,18-/m1/s1. The lowest BCUT2D eigenvalue weighted by molar-refractivity contribution is 0.102. The Bertz CT molecular complexity index is 834. The molecule has 0 amide bonds. The molecule has 0 saturated heterocycles. The largest absolute Gasteiger partial charge is 0.404 e. The first-order valence-corrected chi connectivity index (χ1v) is 9.94. The Morgan fingerprint density at radius 3 is 2.76 bits per heavy atom. The van der Waals surface area contributed by atoms with Gasteiger partial charge in [0.05, 0.1) is 42.6 Å². The van der Waals surface area contributed by atoms with Gasteiger partial charge >= 0.3 is 0 Å². The molecule has 0 bridgehead atoms. The van der Waals surface area contributed by atoms with Crippen LogP contribution >= 0.6 is 0 Å². The highest BCUT2D eigenvalue weighted by atomic mass is 16.3. The number of hydrogen-bond donors (Lipinski definition) is 3. The third kappa shape index (κ3) is 5.65. The zero-order valence-corrected chi connectivity index (χ0v) is 17.7. The smallest absolute Gasteiger partial charge is 0.0974 e. The van der Waals surface area contributed by atoms with Crippen molar-refractivity contribution < 1.29 is 10.2 Å². The van der Waals surface area contributed by atoms with Crippen molar-refractivity contribution in [1.29, 1.82) is 0 Å². The van der Waals surface area contributed by atoms with E-state index in [9.17, 15) is 5.11 Å². The van der Waals surface area contributed by atoms with Crippen molar-refractivity contribution >= 4 is 11.9 Å². The van der Waals surface area contributed by atoms with E-state index in [1.54, 1.807) is 6.21 Å². The van der Waals surface area contributed by atoms with Gasteiger partial charge in [0.25, 0.3) is 0 Å². The number of allylic oxidation sites excluding steroid dienone is 3. The van der Waals surface area contributed by atoms with Crippen LogP contribution in [-0.2, 0) is 0 Å². The van der Waals surface area contributed by atoms with Crippen LogP contribution in [0, 0.1) is 0 Å². The second-order valence-electron chi connectivity index (χ2n) is 7.00. The normalized spacial score (nSPS) is 18.9. The molecule has 2 rings (SSSR count). The average molecular weight is 401 g/mol. The van der Waals surface area contributed by atoms with Crippen molar-refractivity contribution in [3.63, 3.8) is 0 Å².